The molecule has 0 spiro atoms. The Hall–Kier alpha value is -2.76. The molecule has 0 radical (unpaired) electrons. The molecule has 2 heterocycles. The molecule has 0 N–H and O–H groups in total. The quantitative estimate of drug-likeness (QED) is 0.587. The topological polar surface area (TPSA) is 44.1 Å². The third-order valence-electron chi connectivity index (χ3n) is 3.84. The summed E-state index contributed by atoms with van der Waals surface area (Å²) in [5.41, 5.74) is 0.855. The summed E-state index contributed by atoms with van der Waals surface area (Å²) in [6.07, 6.45) is -3.31. The monoisotopic (exact) mass is 358 g/mol. The zero-order valence-electron chi connectivity index (χ0n) is 15.1. The standard InChI is InChI=1S/C20H20F2N2O2/c1-12-9-10-13-11-16(14-7-5-6-8-15(14)17(21)22)24(18(13)23-12)19(25)26-20(2,3)4/h5-11,17H,1-4H3. The molecule has 0 saturated heterocycles. The minimum Gasteiger partial charge on any atom is -0.443 e. The molecule has 6 heteroatoms. The van der Waals surface area contributed by atoms with Crippen LogP contribution in [0.3, 0.4) is 0 Å². The van der Waals surface area contributed by atoms with Gasteiger partial charge in [-0.15, -0.1) is 0 Å². The van der Waals surface area contributed by atoms with Gasteiger partial charge in [-0.3, -0.25) is 0 Å². The minimum absolute atomic E-state index is 0.142. The molecule has 0 aliphatic heterocycles. The van der Waals surface area contributed by atoms with Crippen LogP contribution in [-0.4, -0.2) is 21.2 Å². The maximum absolute atomic E-state index is 13.5. The molecule has 0 atom stereocenters. The van der Waals surface area contributed by atoms with Crippen molar-refractivity contribution in [3.63, 3.8) is 0 Å². The first-order valence-corrected chi connectivity index (χ1v) is 8.27. The van der Waals surface area contributed by atoms with Crippen molar-refractivity contribution in [1.29, 1.82) is 0 Å². The van der Waals surface area contributed by atoms with Gasteiger partial charge in [0.15, 0.2) is 0 Å². The second kappa shape index (κ2) is 6.52. The van der Waals surface area contributed by atoms with Crippen LogP contribution in [0.1, 0.15) is 38.5 Å². The van der Waals surface area contributed by atoms with E-state index in [1.807, 2.05) is 12.1 Å². The fraction of sp³-hybridized carbons (Fsp3) is 0.300. The minimum atomic E-state index is -2.66. The lowest BCUT2D eigenvalue weighted by atomic mass is 10.0. The molecule has 3 aromatic rings. The number of fused-ring (bicyclic) bond motifs is 1. The molecule has 136 valence electrons. The first-order valence-electron chi connectivity index (χ1n) is 8.27. The van der Waals surface area contributed by atoms with E-state index in [0.717, 1.165) is 0 Å². The van der Waals surface area contributed by atoms with E-state index in [2.05, 4.69) is 4.98 Å². The van der Waals surface area contributed by atoms with Crippen molar-refractivity contribution < 1.29 is 18.3 Å². The predicted molar refractivity (Wildman–Crippen MR) is 96.5 cm³/mol. The molecule has 26 heavy (non-hydrogen) atoms. The molecule has 0 bridgehead atoms. The Bertz CT molecular complexity index is 972. The highest BCUT2D eigenvalue weighted by Crippen LogP contribution is 2.34. The summed E-state index contributed by atoms with van der Waals surface area (Å²) in [4.78, 5) is 17.3. The van der Waals surface area contributed by atoms with E-state index in [1.54, 1.807) is 52.0 Å². The van der Waals surface area contributed by atoms with E-state index in [4.69, 9.17) is 4.74 Å². The average Bonchev–Trinajstić information content (AvgIpc) is 2.91. The number of benzene rings is 1. The highest BCUT2D eigenvalue weighted by atomic mass is 19.3. The van der Waals surface area contributed by atoms with Crippen molar-refractivity contribution in [2.45, 2.75) is 39.7 Å². The third kappa shape index (κ3) is 3.45. The van der Waals surface area contributed by atoms with Gasteiger partial charge in [-0.25, -0.2) is 23.1 Å². The number of aryl methyl sites for hydroxylation is 1. The Morgan fingerprint density at radius 2 is 1.85 bits per heavy atom. The van der Waals surface area contributed by atoms with Crippen LogP contribution in [-0.2, 0) is 4.74 Å². The number of halogens is 2. The Balaban J connectivity index is 2.29. The zero-order valence-corrected chi connectivity index (χ0v) is 15.1. The Morgan fingerprint density at radius 3 is 2.50 bits per heavy atom. The van der Waals surface area contributed by atoms with Gasteiger partial charge in [0, 0.05) is 22.2 Å². The van der Waals surface area contributed by atoms with Crippen LogP contribution in [0, 0.1) is 6.92 Å². The Morgan fingerprint density at radius 1 is 1.15 bits per heavy atom. The largest absolute Gasteiger partial charge is 0.443 e. The Kier molecular flexibility index (Phi) is 4.52. The van der Waals surface area contributed by atoms with Gasteiger partial charge in [0.25, 0.3) is 6.43 Å². The van der Waals surface area contributed by atoms with Crippen LogP contribution in [0.15, 0.2) is 42.5 Å². The molecule has 2 aromatic heterocycles. The van der Waals surface area contributed by atoms with Gasteiger partial charge in [-0.1, -0.05) is 24.3 Å². The number of hydrogen-bond donors (Lipinski definition) is 0. The molecular formula is C20H20F2N2O2. The van der Waals surface area contributed by atoms with E-state index in [1.165, 1.54) is 10.6 Å². The molecule has 0 unspecified atom stereocenters. The smallest absolute Gasteiger partial charge is 0.420 e. The van der Waals surface area contributed by atoms with Crippen LogP contribution in [0.4, 0.5) is 13.6 Å². The van der Waals surface area contributed by atoms with Crippen molar-refractivity contribution in [2.24, 2.45) is 0 Å². The maximum Gasteiger partial charge on any atom is 0.420 e. The fourth-order valence-electron chi connectivity index (χ4n) is 2.78. The van der Waals surface area contributed by atoms with Gasteiger partial charge in [0.2, 0.25) is 0 Å². The number of ether oxygens (including phenoxy) is 1. The summed E-state index contributed by atoms with van der Waals surface area (Å²) >= 11 is 0. The predicted octanol–water partition coefficient (Wildman–Crippen LogP) is 5.73. The molecule has 0 amide bonds. The highest BCUT2D eigenvalue weighted by molar-refractivity contribution is 5.94. The lowest BCUT2D eigenvalue weighted by Gasteiger charge is -2.21. The molecule has 0 fully saturated rings. The van der Waals surface area contributed by atoms with Crippen LogP contribution in [0.2, 0.25) is 0 Å². The normalized spacial score (nSPS) is 12.0. The number of hydrogen-bond acceptors (Lipinski definition) is 3. The second-order valence-corrected chi connectivity index (χ2v) is 7.10. The summed E-state index contributed by atoms with van der Waals surface area (Å²) in [6, 6.07) is 11.5. The van der Waals surface area contributed by atoms with Gasteiger partial charge < -0.3 is 4.74 Å². The van der Waals surface area contributed by atoms with Gasteiger partial charge in [0.1, 0.15) is 11.2 Å². The summed E-state index contributed by atoms with van der Waals surface area (Å²) < 4.78 is 33.8. The van der Waals surface area contributed by atoms with Crippen LogP contribution < -0.4 is 0 Å². The van der Waals surface area contributed by atoms with Crippen LogP contribution >= 0.6 is 0 Å². The molecule has 0 saturated carbocycles. The lowest BCUT2D eigenvalue weighted by Crippen LogP contribution is -2.27. The molecule has 4 nitrogen and oxygen atoms in total. The molecular weight excluding hydrogens is 338 g/mol. The number of carbonyl (C=O) groups excluding carboxylic acids is 1. The summed E-state index contributed by atoms with van der Waals surface area (Å²) in [6.45, 7) is 7.06. The van der Waals surface area contributed by atoms with E-state index in [9.17, 15) is 13.6 Å². The van der Waals surface area contributed by atoms with Gasteiger partial charge in [0.05, 0.1) is 5.69 Å². The molecule has 1 aromatic carbocycles. The number of pyridine rings is 1. The second-order valence-electron chi connectivity index (χ2n) is 7.10. The number of nitrogens with zero attached hydrogens (tertiary/aromatic N) is 2. The van der Waals surface area contributed by atoms with Crippen molar-refractivity contribution in [3.8, 4) is 11.3 Å². The zero-order chi connectivity index (χ0) is 19.1. The molecule has 3 rings (SSSR count). The third-order valence-corrected chi connectivity index (χ3v) is 3.84. The van der Waals surface area contributed by atoms with Crippen molar-refractivity contribution >= 4 is 17.1 Å². The van der Waals surface area contributed by atoms with Crippen LogP contribution in [0.25, 0.3) is 22.3 Å². The first kappa shape index (κ1) is 18.0. The lowest BCUT2D eigenvalue weighted by molar-refractivity contribution is 0.0546. The number of alkyl halides is 2. The maximum atomic E-state index is 13.5. The number of aromatic nitrogens is 2. The first-order chi connectivity index (χ1) is 12.2. The molecule has 0 aliphatic rings. The van der Waals surface area contributed by atoms with Crippen molar-refractivity contribution in [1.82, 2.24) is 9.55 Å². The van der Waals surface area contributed by atoms with Gasteiger partial charge >= 0.3 is 6.09 Å². The number of carbonyl (C=O) groups is 1. The van der Waals surface area contributed by atoms with E-state index in [-0.39, 0.29) is 11.1 Å². The van der Waals surface area contributed by atoms with Crippen LogP contribution in [0.5, 0.6) is 0 Å². The van der Waals surface area contributed by atoms with Crippen molar-refractivity contribution in [3.05, 3.63) is 53.7 Å². The van der Waals surface area contributed by atoms with E-state index < -0.39 is 18.1 Å². The molecule has 0 aliphatic carbocycles. The Labute approximate surface area is 150 Å². The van der Waals surface area contributed by atoms with Gasteiger partial charge in [-0.05, 0) is 45.9 Å². The number of rotatable bonds is 2. The summed E-state index contributed by atoms with van der Waals surface area (Å²) in [5, 5.41) is 0.681. The van der Waals surface area contributed by atoms with Crippen molar-refractivity contribution in [2.75, 3.05) is 0 Å². The van der Waals surface area contributed by atoms with E-state index >= 15 is 0 Å². The summed E-state index contributed by atoms with van der Waals surface area (Å²) in [5.74, 6) is 0. The van der Waals surface area contributed by atoms with Gasteiger partial charge in [-0.2, -0.15) is 0 Å². The van der Waals surface area contributed by atoms with E-state index in [0.29, 0.717) is 22.4 Å². The fourth-order valence-corrected chi connectivity index (χ4v) is 2.78. The highest BCUT2D eigenvalue weighted by Gasteiger charge is 2.25. The average molecular weight is 358 g/mol. The summed E-state index contributed by atoms with van der Waals surface area (Å²) in [7, 11) is 0. The SMILES string of the molecule is Cc1ccc2cc(-c3ccccc3C(F)F)n(C(=O)OC(C)(C)C)c2n1.